The van der Waals surface area contributed by atoms with Crippen LogP contribution in [0.15, 0.2) is 58.3 Å². The van der Waals surface area contributed by atoms with Gasteiger partial charge in [0.1, 0.15) is 0 Å². The van der Waals surface area contributed by atoms with Gasteiger partial charge in [-0.25, -0.2) is 13.1 Å². The topological polar surface area (TPSA) is 97.4 Å². The van der Waals surface area contributed by atoms with Crippen molar-refractivity contribution in [1.29, 1.82) is 0 Å². The molecule has 1 unspecified atom stereocenters. The maximum absolute atomic E-state index is 12.3. The summed E-state index contributed by atoms with van der Waals surface area (Å²) in [5, 5.41) is 0. The summed E-state index contributed by atoms with van der Waals surface area (Å²) in [7, 11) is -5.29. The third-order valence-electron chi connectivity index (χ3n) is 3.23. The Balaban J connectivity index is 2.25. The molecule has 2 rings (SSSR count). The second-order valence-electron chi connectivity index (χ2n) is 5.00. The SMILES string of the molecule is CC(=O)c1cccc(S(=O)(=O)NC(=O)c2ccc(S(C)=O)cc2)c1. The van der Waals surface area contributed by atoms with Crippen molar-refractivity contribution in [2.24, 2.45) is 0 Å². The first-order valence-electron chi connectivity index (χ1n) is 6.82. The summed E-state index contributed by atoms with van der Waals surface area (Å²) in [5.74, 6) is -1.09. The van der Waals surface area contributed by atoms with Crippen LogP contribution in [0, 0.1) is 0 Å². The number of nitrogens with one attached hydrogen (secondary N) is 1. The molecule has 2 aromatic carbocycles. The van der Waals surface area contributed by atoms with E-state index in [-0.39, 0.29) is 21.8 Å². The molecule has 0 fully saturated rings. The van der Waals surface area contributed by atoms with Crippen molar-refractivity contribution < 1.29 is 22.2 Å². The average molecular weight is 365 g/mol. The minimum absolute atomic E-state index is 0.121. The highest BCUT2D eigenvalue weighted by molar-refractivity contribution is 7.90. The lowest BCUT2D eigenvalue weighted by molar-refractivity contribution is 0.0979. The first kappa shape index (κ1) is 18.0. The van der Waals surface area contributed by atoms with Crippen molar-refractivity contribution >= 4 is 32.5 Å². The summed E-state index contributed by atoms with van der Waals surface area (Å²) in [6, 6.07) is 11.2. The molecule has 0 heterocycles. The second-order valence-corrected chi connectivity index (χ2v) is 8.06. The molecule has 1 amide bonds. The fourth-order valence-corrected chi connectivity index (χ4v) is 3.46. The largest absolute Gasteiger partial charge is 0.295 e. The number of carbonyl (C=O) groups is 2. The standard InChI is InChI=1S/C16H15NO5S2/c1-11(18)13-4-3-5-15(10-13)24(21,22)17-16(19)12-6-8-14(9-7-12)23(2)20/h3-10H,1-2H3,(H,17,19). The predicted molar refractivity (Wildman–Crippen MR) is 89.9 cm³/mol. The van der Waals surface area contributed by atoms with Crippen LogP contribution in [0.3, 0.4) is 0 Å². The zero-order valence-corrected chi connectivity index (χ0v) is 14.6. The monoisotopic (exact) mass is 365 g/mol. The third-order valence-corrected chi connectivity index (χ3v) is 5.49. The Hall–Kier alpha value is -2.32. The van der Waals surface area contributed by atoms with E-state index in [0.717, 1.165) is 0 Å². The van der Waals surface area contributed by atoms with Gasteiger partial charge < -0.3 is 0 Å². The number of sulfonamides is 1. The lowest BCUT2D eigenvalue weighted by Crippen LogP contribution is -2.30. The maximum atomic E-state index is 12.3. The van der Waals surface area contributed by atoms with E-state index in [0.29, 0.717) is 4.90 Å². The van der Waals surface area contributed by atoms with Crippen molar-refractivity contribution in [2.45, 2.75) is 16.7 Å². The Morgan fingerprint density at radius 3 is 2.17 bits per heavy atom. The zero-order chi connectivity index (χ0) is 17.9. The molecule has 0 aliphatic rings. The Morgan fingerprint density at radius 1 is 1.00 bits per heavy atom. The van der Waals surface area contributed by atoms with Gasteiger partial charge in [0.2, 0.25) is 0 Å². The van der Waals surface area contributed by atoms with Crippen LogP contribution in [0.25, 0.3) is 0 Å². The van der Waals surface area contributed by atoms with E-state index in [1.54, 1.807) is 0 Å². The Bertz CT molecular complexity index is 918. The summed E-state index contributed by atoms with van der Waals surface area (Å²) in [5.41, 5.74) is 0.357. The smallest absolute Gasteiger partial charge is 0.264 e. The Kier molecular flexibility index (Phi) is 5.30. The molecule has 2 aromatic rings. The first-order chi connectivity index (χ1) is 11.2. The van der Waals surface area contributed by atoms with Crippen LogP contribution in [-0.4, -0.2) is 30.6 Å². The van der Waals surface area contributed by atoms with Gasteiger partial charge in [-0.05, 0) is 43.3 Å². The van der Waals surface area contributed by atoms with Gasteiger partial charge in [-0.2, -0.15) is 0 Å². The molecular formula is C16H15NO5S2. The molecular weight excluding hydrogens is 350 g/mol. The third kappa shape index (κ3) is 4.15. The molecule has 0 spiro atoms. The van der Waals surface area contributed by atoms with Gasteiger partial charge in [-0.15, -0.1) is 0 Å². The normalized spacial score (nSPS) is 12.4. The molecule has 1 atom stereocenters. The highest BCUT2D eigenvalue weighted by Crippen LogP contribution is 2.13. The van der Waals surface area contributed by atoms with Crippen molar-refractivity contribution in [3.63, 3.8) is 0 Å². The first-order valence-corrected chi connectivity index (χ1v) is 9.86. The van der Waals surface area contributed by atoms with Crippen LogP contribution in [0.5, 0.6) is 0 Å². The van der Waals surface area contributed by atoms with Gasteiger partial charge in [0, 0.05) is 33.1 Å². The van der Waals surface area contributed by atoms with Crippen molar-refractivity contribution in [1.82, 2.24) is 4.72 Å². The van der Waals surface area contributed by atoms with Gasteiger partial charge in [-0.1, -0.05) is 12.1 Å². The van der Waals surface area contributed by atoms with Crippen LogP contribution in [0.4, 0.5) is 0 Å². The number of benzene rings is 2. The number of amides is 1. The molecule has 0 aliphatic heterocycles. The van der Waals surface area contributed by atoms with Gasteiger partial charge >= 0.3 is 0 Å². The van der Waals surface area contributed by atoms with E-state index in [1.165, 1.54) is 61.7 Å². The van der Waals surface area contributed by atoms with Crippen LogP contribution in [0.2, 0.25) is 0 Å². The van der Waals surface area contributed by atoms with Crippen molar-refractivity contribution in [3.05, 3.63) is 59.7 Å². The number of carbonyl (C=O) groups excluding carboxylic acids is 2. The van der Waals surface area contributed by atoms with Gasteiger partial charge in [0.25, 0.3) is 15.9 Å². The highest BCUT2D eigenvalue weighted by atomic mass is 32.2. The lowest BCUT2D eigenvalue weighted by atomic mass is 10.2. The maximum Gasteiger partial charge on any atom is 0.264 e. The molecule has 0 aliphatic carbocycles. The summed E-state index contributed by atoms with van der Waals surface area (Å²) >= 11 is 0. The highest BCUT2D eigenvalue weighted by Gasteiger charge is 2.19. The fourth-order valence-electron chi connectivity index (χ4n) is 1.92. The van der Waals surface area contributed by atoms with E-state index < -0.39 is 26.7 Å². The number of rotatable bonds is 5. The van der Waals surface area contributed by atoms with E-state index in [9.17, 15) is 22.2 Å². The minimum Gasteiger partial charge on any atom is -0.295 e. The number of hydrogen-bond acceptors (Lipinski definition) is 5. The minimum atomic E-state index is -4.10. The van der Waals surface area contributed by atoms with Crippen LogP contribution >= 0.6 is 0 Å². The van der Waals surface area contributed by atoms with Crippen LogP contribution < -0.4 is 4.72 Å². The molecule has 8 heteroatoms. The van der Waals surface area contributed by atoms with Crippen molar-refractivity contribution in [2.75, 3.05) is 6.26 Å². The molecule has 0 aromatic heterocycles. The Labute approximate surface area is 142 Å². The molecule has 0 saturated heterocycles. The Morgan fingerprint density at radius 2 is 1.62 bits per heavy atom. The molecule has 0 bridgehead atoms. The second kappa shape index (κ2) is 7.06. The molecule has 24 heavy (non-hydrogen) atoms. The summed E-state index contributed by atoms with van der Waals surface area (Å²) in [4.78, 5) is 23.8. The quantitative estimate of drug-likeness (QED) is 0.814. The summed E-state index contributed by atoms with van der Waals surface area (Å²) in [6.45, 7) is 1.32. The number of ketones is 1. The number of hydrogen-bond donors (Lipinski definition) is 1. The van der Waals surface area contributed by atoms with Crippen LogP contribution in [0.1, 0.15) is 27.6 Å². The van der Waals surface area contributed by atoms with Gasteiger partial charge in [-0.3, -0.25) is 13.8 Å². The van der Waals surface area contributed by atoms with Crippen LogP contribution in [-0.2, 0) is 20.8 Å². The fraction of sp³-hybridized carbons (Fsp3) is 0.125. The van der Waals surface area contributed by atoms with E-state index >= 15 is 0 Å². The van der Waals surface area contributed by atoms with Crippen molar-refractivity contribution in [3.8, 4) is 0 Å². The summed E-state index contributed by atoms with van der Waals surface area (Å²) < 4.78 is 37.8. The molecule has 1 N–H and O–H groups in total. The van der Waals surface area contributed by atoms with Gasteiger partial charge in [0.15, 0.2) is 5.78 Å². The number of Topliss-reactive ketones (excluding diaryl/α,β-unsaturated/α-hetero) is 1. The zero-order valence-electron chi connectivity index (χ0n) is 13.0. The molecule has 0 saturated carbocycles. The van der Waals surface area contributed by atoms with E-state index in [4.69, 9.17) is 0 Å². The lowest BCUT2D eigenvalue weighted by Gasteiger charge is -2.08. The predicted octanol–water partition coefficient (Wildman–Crippen LogP) is 1.75. The average Bonchev–Trinajstić information content (AvgIpc) is 2.54. The van der Waals surface area contributed by atoms with E-state index in [1.807, 2.05) is 4.72 Å². The molecule has 0 radical (unpaired) electrons. The molecule has 6 nitrogen and oxygen atoms in total. The summed E-state index contributed by atoms with van der Waals surface area (Å²) in [6.07, 6.45) is 1.50. The van der Waals surface area contributed by atoms with E-state index in [2.05, 4.69) is 0 Å². The molecule has 126 valence electrons. The van der Waals surface area contributed by atoms with Gasteiger partial charge in [0.05, 0.1) is 4.90 Å².